The number of aliphatic carboxylic acids is 1. The van der Waals surface area contributed by atoms with Gasteiger partial charge in [0.1, 0.15) is 0 Å². The fourth-order valence-corrected chi connectivity index (χ4v) is 1.12. The zero-order chi connectivity index (χ0) is 11.5. The summed E-state index contributed by atoms with van der Waals surface area (Å²) >= 11 is 0. The predicted molar refractivity (Wildman–Crippen MR) is 57.7 cm³/mol. The third-order valence-corrected chi connectivity index (χ3v) is 1.92. The molecular weight excluding hydrogens is 196 g/mol. The molecule has 0 aromatic heterocycles. The summed E-state index contributed by atoms with van der Waals surface area (Å²) in [7, 11) is 0. The van der Waals surface area contributed by atoms with Crippen LogP contribution in [0.4, 0.5) is 0 Å². The number of likely N-dealkylation sites (N-methyl/N-ethyl adjacent to an activating group) is 1. The van der Waals surface area contributed by atoms with E-state index in [2.05, 4.69) is 10.6 Å². The highest BCUT2D eigenvalue weighted by Gasteiger charge is 2.01. The molecule has 0 aromatic rings. The number of rotatable bonds is 9. The van der Waals surface area contributed by atoms with Gasteiger partial charge in [0.05, 0.1) is 0 Å². The molecule has 0 radical (unpaired) electrons. The second-order valence-corrected chi connectivity index (χ2v) is 3.30. The van der Waals surface area contributed by atoms with Crippen molar-refractivity contribution in [3.05, 3.63) is 0 Å². The van der Waals surface area contributed by atoms with Gasteiger partial charge in [-0.1, -0.05) is 6.92 Å². The highest BCUT2D eigenvalue weighted by molar-refractivity contribution is 5.75. The molecule has 0 saturated carbocycles. The van der Waals surface area contributed by atoms with Gasteiger partial charge in [0.2, 0.25) is 5.91 Å². The summed E-state index contributed by atoms with van der Waals surface area (Å²) in [4.78, 5) is 21.3. The number of carbonyl (C=O) groups is 2. The summed E-state index contributed by atoms with van der Waals surface area (Å²) in [5, 5.41) is 14.2. The summed E-state index contributed by atoms with van der Waals surface area (Å²) in [6.07, 6.45) is 1.76. The number of unbranched alkanes of at least 4 members (excludes halogenated alkanes) is 1. The van der Waals surface area contributed by atoms with E-state index in [0.29, 0.717) is 25.8 Å². The van der Waals surface area contributed by atoms with Crippen molar-refractivity contribution >= 4 is 11.9 Å². The third-order valence-electron chi connectivity index (χ3n) is 1.92. The molecule has 0 bridgehead atoms. The second kappa shape index (κ2) is 9.45. The molecule has 0 saturated heterocycles. The lowest BCUT2D eigenvalue weighted by atomic mass is 10.2. The summed E-state index contributed by atoms with van der Waals surface area (Å²) < 4.78 is 0. The zero-order valence-corrected chi connectivity index (χ0v) is 9.21. The molecule has 5 heteroatoms. The van der Waals surface area contributed by atoms with Gasteiger partial charge in [-0.3, -0.25) is 9.59 Å². The third kappa shape index (κ3) is 10.8. The summed E-state index contributed by atoms with van der Waals surface area (Å²) in [6, 6.07) is 0. The quantitative estimate of drug-likeness (QED) is 0.486. The van der Waals surface area contributed by atoms with Crippen LogP contribution in [0.2, 0.25) is 0 Å². The average molecular weight is 216 g/mol. The van der Waals surface area contributed by atoms with Gasteiger partial charge >= 0.3 is 5.97 Å². The summed E-state index contributed by atoms with van der Waals surface area (Å²) in [5.74, 6) is -0.805. The molecule has 0 aliphatic heterocycles. The molecule has 5 nitrogen and oxygen atoms in total. The van der Waals surface area contributed by atoms with E-state index in [1.807, 2.05) is 6.92 Å². The maximum atomic E-state index is 11.2. The maximum Gasteiger partial charge on any atom is 0.303 e. The molecule has 0 aromatic carbocycles. The molecule has 0 spiro atoms. The Morgan fingerprint density at radius 3 is 2.40 bits per heavy atom. The lowest BCUT2D eigenvalue weighted by molar-refractivity contribution is -0.137. The number of nitrogens with one attached hydrogen (secondary N) is 2. The van der Waals surface area contributed by atoms with E-state index in [0.717, 1.165) is 13.1 Å². The van der Waals surface area contributed by atoms with Crippen LogP contribution in [0.25, 0.3) is 0 Å². The summed E-state index contributed by atoms with van der Waals surface area (Å²) in [5.41, 5.74) is 0. The molecule has 0 atom stereocenters. The monoisotopic (exact) mass is 216 g/mol. The van der Waals surface area contributed by atoms with Crippen LogP contribution in [-0.2, 0) is 9.59 Å². The van der Waals surface area contributed by atoms with Crippen molar-refractivity contribution in [1.29, 1.82) is 0 Å². The van der Waals surface area contributed by atoms with Gasteiger partial charge < -0.3 is 15.7 Å². The largest absolute Gasteiger partial charge is 0.481 e. The fourth-order valence-electron chi connectivity index (χ4n) is 1.12. The number of carboxylic acid groups (broad SMARTS) is 1. The van der Waals surface area contributed by atoms with E-state index in [-0.39, 0.29) is 12.3 Å². The van der Waals surface area contributed by atoms with Crippen molar-refractivity contribution in [1.82, 2.24) is 10.6 Å². The standard InChI is InChI=1S/C10H20N2O3/c1-2-11-7-8-12-9(13)5-3-4-6-10(14)15/h11H,2-8H2,1H3,(H,12,13)(H,14,15). The Morgan fingerprint density at radius 1 is 1.13 bits per heavy atom. The molecule has 88 valence electrons. The topological polar surface area (TPSA) is 78.4 Å². The van der Waals surface area contributed by atoms with Gasteiger partial charge in [0, 0.05) is 25.9 Å². The van der Waals surface area contributed by atoms with E-state index in [9.17, 15) is 9.59 Å². The average Bonchev–Trinajstić information content (AvgIpc) is 2.19. The second-order valence-electron chi connectivity index (χ2n) is 3.30. The molecule has 0 aliphatic rings. The maximum absolute atomic E-state index is 11.2. The zero-order valence-electron chi connectivity index (χ0n) is 9.21. The Kier molecular flexibility index (Phi) is 8.76. The first-order valence-corrected chi connectivity index (χ1v) is 5.36. The molecule has 0 fully saturated rings. The molecular formula is C10H20N2O3. The molecule has 0 unspecified atom stereocenters. The van der Waals surface area contributed by atoms with E-state index in [1.54, 1.807) is 0 Å². The van der Waals surface area contributed by atoms with Crippen molar-refractivity contribution in [2.45, 2.75) is 32.6 Å². The minimum atomic E-state index is -0.803. The Hall–Kier alpha value is -1.10. The number of carbonyl (C=O) groups excluding carboxylic acids is 1. The lowest BCUT2D eigenvalue weighted by Crippen LogP contribution is -2.31. The smallest absolute Gasteiger partial charge is 0.303 e. The van der Waals surface area contributed by atoms with Crippen LogP contribution in [-0.4, -0.2) is 36.6 Å². The van der Waals surface area contributed by atoms with Gasteiger partial charge in [-0.05, 0) is 19.4 Å². The SMILES string of the molecule is CCNCCNC(=O)CCCCC(=O)O. The fraction of sp³-hybridized carbons (Fsp3) is 0.800. The van der Waals surface area contributed by atoms with Gasteiger partial charge in [0.15, 0.2) is 0 Å². The van der Waals surface area contributed by atoms with E-state index < -0.39 is 5.97 Å². The van der Waals surface area contributed by atoms with Crippen LogP contribution in [0.5, 0.6) is 0 Å². The number of carboxylic acids is 1. The number of amides is 1. The van der Waals surface area contributed by atoms with Gasteiger partial charge in [-0.2, -0.15) is 0 Å². The number of hydrogen-bond acceptors (Lipinski definition) is 3. The predicted octanol–water partition coefficient (Wildman–Crippen LogP) is 0.357. The first-order valence-electron chi connectivity index (χ1n) is 5.36. The van der Waals surface area contributed by atoms with Crippen molar-refractivity contribution in [3.63, 3.8) is 0 Å². The van der Waals surface area contributed by atoms with Crippen LogP contribution in [0.1, 0.15) is 32.6 Å². The van der Waals surface area contributed by atoms with E-state index in [1.165, 1.54) is 0 Å². The molecule has 0 rings (SSSR count). The van der Waals surface area contributed by atoms with Crippen molar-refractivity contribution in [3.8, 4) is 0 Å². The van der Waals surface area contributed by atoms with Crippen LogP contribution >= 0.6 is 0 Å². The van der Waals surface area contributed by atoms with Crippen molar-refractivity contribution in [2.75, 3.05) is 19.6 Å². The van der Waals surface area contributed by atoms with Crippen LogP contribution in [0.3, 0.4) is 0 Å². The first-order chi connectivity index (χ1) is 7.16. The highest BCUT2D eigenvalue weighted by atomic mass is 16.4. The van der Waals surface area contributed by atoms with Crippen LogP contribution in [0.15, 0.2) is 0 Å². The van der Waals surface area contributed by atoms with Crippen LogP contribution < -0.4 is 10.6 Å². The minimum Gasteiger partial charge on any atom is -0.481 e. The van der Waals surface area contributed by atoms with E-state index in [4.69, 9.17) is 5.11 Å². The van der Waals surface area contributed by atoms with Crippen molar-refractivity contribution < 1.29 is 14.7 Å². The highest BCUT2D eigenvalue weighted by Crippen LogP contribution is 1.99. The van der Waals surface area contributed by atoms with Gasteiger partial charge in [-0.25, -0.2) is 0 Å². The van der Waals surface area contributed by atoms with Gasteiger partial charge in [0.25, 0.3) is 0 Å². The van der Waals surface area contributed by atoms with E-state index >= 15 is 0 Å². The van der Waals surface area contributed by atoms with Gasteiger partial charge in [-0.15, -0.1) is 0 Å². The Bertz CT molecular complexity index is 195. The summed E-state index contributed by atoms with van der Waals surface area (Å²) in [6.45, 7) is 4.31. The molecule has 3 N–H and O–H groups in total. The van der Waals surface area contributed by atoms with Crippen molar-refractivity contribution in [2.24, 2.45) is 0 Å². The minimum absolute atomic E-state index is 0.00158. The molecule has 0 aliphatic carbocycles. The number of hydrogen-bond donors (Lipinski definition) is 3. The lowest BCUT2D eigenvalue weighted by Gasteiger charge is -2.04. The Balaban J connectivity index is 3.22. The first kappa shape index (κ1) is 13.9. The van der Waals surface area contributed by atoms with Crippen LogP contribution in [0, 0.1) is 0 Å². The Labute approximate surface area is 90.2 Å². The normalized spacial score (nSPS) is 9.93. The Morgan fingerprint density at radius 2 is 1.80 bits per heavy atom. The molecule has 0 heterocycles. The molecule has 1 amide bonds. The molecule has 15 heavy (non-hydrogen) atoms.